The van der Waals surface area contributed by atoms with E-state index in [2.05, 4.69) is 0 Å². The lowest BCUT2D eigenvalue weighted by Gasteiger charge is -2.08. The molecule has 1 aromatic rings. The summed E-state index contributed by atoms with van der Waals surface area (Å²) in [5.74, 6) is 0. The maximum Gasteiger partial charge on any atom is 0.238 e. The summed E-state index contributed by atoms with van der Waals surface area (Å²) in [6.45, 7) is 2.02. The van der Waals surface area contributed by atoms with Crippen LogP contribution in [0.1, 0.15) is 18.9 Å². The molecule has 4 N–H and O–H groups in total. The van der Waals surface area contributed by atoms with E-state index >= 15 is 0 Å². The molecule has 84 valence electrons. The lowest BCUT2D eigenvalue weighted by molar-refractivity contribution is 0.597. The first-order chi connectivity index (χ1) is 6.93. The first kappa shape index (κ1) is 12.2. The Balaban J connectivity index is 2.82. The molecule has 0 saturated carbocycles. The third kappa shape index (κ3) is 3.62. The Labute approximate surface area is 90.3 Å². The van der Waals surface area contributed by atoms with Gasteiger partial charge in [-0.05, 0) is 30.5 Å². The Kier molecular flexibility index (Phi) is 3.84. The summed E-state index contributed by atoms with van der Waals surface area (Å²) in [4.78, 5) is 0.135. The van der Waals surface area contributed by atoms with Crippen molar-refractivity contribution in [2.75, 3.05) is 0 Å². The SMILES string of the molecule is CCC(N)Cc1ccc(S(N)(=O)=O)cc1. The van der Waals surface area contributed by atoms with Gasteiger partial charge in [-0.3, -0.25) is 0 Å². The van der Waals surface area contributed by atoms with Crippen molar-refractivity contribution in [2.45, 2.75) is 30.7 Å². The summed E-state index contributed by atoms with van der Waals surface area (Å²) in [6, 6.07) is 6.62. The summed E-state index contributed by atoms with van der Waals surface area (Å²) >= 11 is 0. The van der Waals surface area contributed by atoms with E-state index in [1.54, 1.807) is 12.1 Å². The van der Waals surface area contributed by atoms with Crippen molar-refractivity contribution in [3.05, 3.63) is 29.8 Å². The number of rotatable bonds is 4. The molecule has 1 atom stereocenters. The van der Waals surface area contributed by atoms with Crippen molar-refractivity contribution < 1.29 is 8.42 Å². The number of hydrogen-bond acceptors (Lipinski definition) is 3. The highest BCUT2D eigenvalue weighted by Crippen LogP contribution is 2.10. The summed E-state index contributed by atoms with van der Waals surface area (Å²) in [5.41, 5.74) is 6.81. The maximum absolute atomic E-state index is 11.0. The van der Waals surface area contributed by atoms with Gasteiger partial charge in [0.25, 0.3) is 0 Å². The number of hydrogen-bond donors (Lipinski definition) is 2. The van der Waals surface area contributed by atoms with Gasteiger partial charge in [-0.1, -0.05) is 19.1 Å². The van der Waals surface area contributed by atoms with E-state index in [0.717, 1.165) is 18.4 Å². The number of sulfonamides is 1. The molecule has 0 fully saturated rings. The van der Waals surface area contributed by atoms with Crippen molar-refractivity contribution in [1.82, 2.24) is 0 Å². The summed E-state index contributed by atoms with van der Waals surface area (Å²) in [5, 5.41) is 4.98. The second-order valence-corrected chi connectivity index (χ2v) is 5.12. The number of benzene rings is 1. The van der Waals surface area contributed by atoms with Crippen molar-refractivity contribution in [1.29, 1.82) is 0 Å². The minimum Gasteiger partial charge on any atom is -0.327 e. The average molecular weight is 228 g/mol. The van der Waals surface area contributed by atoms with E-state index in [1.807, 2.05) is 6.92 Å². The molecular weight excluding hydrogens is 212 g/mol. The van der Waals surface area contributed by atoms with E-state index in [9.17, 15) is 8.42 Å². The van der Waals surface area contributed by atoms with Crippen LogP contribution in [0.2, 0.25) is 0 Å². The van der Waals surface area contributed by atoms with Gasteiger partial charge in [0.2, 0.25) is 10.0 Å². The van der Waals surface area contributed by atoms with Gasteiger partial charge < -0.3 is 5.73 Å². The van der Waals surface area contributed by atoms with Crippen molar-refractivity contribution >= 4 is 10.0 Å². The van der Waals surface area contributed by atoms with Gasteiger partial charge >= 0.3 is 0 Å². The third-order valence-corrected chi connectivity index (χ3v) is 3.20. The molecular formula is C10H16N2O2S. The monoisotopic (exact) mass is 228 g/mol. The normalized spacial score (nSPS) is 13.8. The zero-order chi connectivity index (χ0) is 11.5. The molecule has 0 aliphatic heterocycles. The quantitative estimate of drug-likeness (QED) is 0.791. The van der Waals surface area contributed by atoms with Gasteiger partial charge in [-0.25, -0.2) is 13.6 Å². The van der Waals surface area contributed by atoms with E-state index in [0.29, 0.717) is 0 Å². The predicted octanol–water partition coefficient (Wildman–Crippen LogP) is 0.614. The smallest absolute Gasteiger partial charge is 0.238 e. The van der Waals surface area contributed by atoms with Gasteiger partial charge in [0.05, 0.1) is 4.90 Å². The Morgan fingerprint density at radius 1 is 1.27 bits per heavy atom. The van der Waals surface area contributed by atoms with Crippen LogP contribution in [0.4, 0.5) is 0 Å². The van der Waals surface area contributed by atoms with Crippen LogP contribution in [0.3, 0.4) is 0 Å². The van der Waals surface area contributed by atoms with Crippen LogP contribution in [0, 0.1) is 0 Å². The van der Waals surface area contributed by atoms with Crippen LogP contribution in [-0.2, 0) is 16.4 Å². The molecule has 0 saturated heterocycles. The molecule has 4 nitrogen and oxygen atoms in total. The van der Waals surface area contributed by atoms with Crippen LogP contribution in [0.15, 0.2) is 29.2 Å². The number of nitrogens with two attached hydrogens (primary N) is 2. The zero-order valence-corrected chi connectivity index (χ0v) is 9.50. The Bertz CT molecular complexity index is 412. The van der Waals surface area contributed by atoms with Crippen LogP contribution >= 0.6 is 0 Å². The van der Waals surface area contributed by atoms with Crippen molar-refractivity contribution in [3.63, 3.8) is 0 Å². The standard InChI is InChI=1S/C10H16N2O2S/c1-2-9(11)7-8-3-5-10(6-4-8)15(12,13)14/h3-6,9H,2,7,11H2,1H3,(H2,12,13,14). The molecule has 0 radical (unpaired) electrons. The fourth-order valence-electron chi connectivity index (χ4n) is 1.26. The fraction of sp³-hybridized carbons (Fsp3) is 0.400. The number of primary sulfonamides is 1. The molecule has 1 aromatic carbocycles. The first-order valence-electron chi connectivity index (χ1n) is 4.81. The molecule has 0 bridgehead atoms. The molecule has 0 spiro atoms. The highest BCUT2D eigenvalue weighted by atomic mass is 32.2. The van der Waals surface area contributed by atoms with Gasteiger partial charge in [-0.2, -0.15) is 0 Å². The summed E-state index contributed by atoms with van der Waals surface area (Å²) in [7, 11) is -3.58. The summed E-state index contributed by atoms with van der Waals surface area (Å²) < 4.78 is 22.0. The molecule has 5 heteroatoms. The first-order valence-corrected chi connectivity index (χ1v) is 6.35. The average Bonchev–Trinajstić information content (AvgIpc) is 2.17. The van der Waals surface area contributed by atoms with E-state index in [4.69, 9.17) is 10.9 Å². The van der Waals surface area contributed by atoms with E-state index in [1.165, 1.54) is 12.1 Å². The molecule has 1 unspecified atom stereocenters. The van der Waals surface area contributed by atoms with Crippen LogP contribution in [0.25, 0.3) is 0 Å². The summed E-state index contributed by atoms with van der Waals surface area (Å²) in [6.07, 6.45) is 1.65. The van der Waals surface area contributed by atoms with Crippen LogP contribution < -0.4 is 10.9 Å². The maximum atomic E-state index is 11.0. The predicted molar refractivity (Wildman–Crippen MR) is 59.8 cm³/mol. The van der Waals surface area contributed by atoms with Crippen LogP contribution in [0.5, 0.6) is 0 Å². The lowest BCUT2D eigenvalue weighted by atomic mass is 10.1. The van der Waals surface area contributed by atoms with E-state index in [-0.39, 0.29) is 10.9 Å². The largest absolute Gasteiger partial charge is 0.327 e. The Hall–Kier alpha value is -0.910. The lowest BCUT2D eigenvalue weighted by Crippen LogP contribution is -2.21. The minimum absolute atomic E-state index is 0.116. The Morgan fingerprint density at radius 3 is 2.20 bits per heavy atom. The Morgan fingerprint density at radius 2 is 1.80 bits per heavy atom. The topological polar surface area (TPSA) is 86.2 Å². The van der Waals surface area contributed by atoms with Crippen molar-refractivity contribution in [3.8, 4) is 0 Å². The molecule has 0 aliphatic carbocycles. The van der Waals surface area contributed by atoms with Gasteiger partial charge in [0, 0.05) is 6.04 Å². The highest BCUT2D eigenvalue weighted by Gasteiger charge is 2.07. The van der Waals surface area contributed by atoms with Gasteiger partial charge in [-0.15, -0.1) is 0 Å². The second-order valence-electron chi connectivity index (χ2n) is 3.56. The van der Waals surface area contributed by atoms with Crippen LogP contribution in [-0.4, -0.2) is 14.5 Å². The molecule has 0 heterocycles. The van der Waals surface area contributed by atoms with E-state index < -0.39 is 10.0 Å². The molecule has 0 amide bonds. The zero-order valence-electron chi connectivity index (χ0n) is 8.68. The fourth-order valence-corrected chi connectivity index (χ4v) is 1.78. The minimum atomic E-state index is -3.58. The van der Waals surface area contributed by atoms with Gasteiger partial charge in [0.15, 0.2) is 0 Å². The molecule has 15 heavy (non-hydrogen) atoms. The second kappa shape index (κ2) is 4.74. The van der Waals surface area contributed by atoms with Gasteiger partial charge in [0.1, 0.15) is 0 Å². The molecule has 0 aliphatic rings. The molecule has 0 aromatic heterocycles. The highest BCUT2D eigenvalue weighted by molar-refractivity contribution is 7.89. The third-order valence-electron chi connectivity index (χ3n) is 2.27. The molecule has 1 rings (SSSR count). The van der Waals surface area contributed by atoms with Crippen molar-refractivity contribution in [2.24, 2.45) is 10.9 Å².